The third-order valence-corrected chi connectivity index (χ3v) is 5.33. The molecule has 2 atom stereocenters. The highest BCUT2D eigenvalue weighted by Gasteiger charge is 2.36. The van der Waals surface area contributed by atoms with E-state index in [1.165, 1.54) is 11.0 Å². The summed E-state index contributed by atoms with van der Waals surface area (Å²) < 4.78 is 13.4. The summed E-state index contributed by atoms with van der Waals surface area (Å²) in [5.74, 6) is -0.236. The zero-order valence-corrected chi connectivity index (χ0v) is 14.5. The van der Waals surface area contributed by atoms with Crippen LogP contribution in [-0.2, 0) is 4.79 Å². The van der Waals surface area contributed by atoms with E-state index >= 15 is 0 Å². The van der Waals surface area contributed by atoms with Crippen LogP contribution in [0.15, 0.2) is 24.3 Å². The van der Waals surface area contributed by atoms with Gasteiger partial charge in [-0.05, 0) is 37.5 Å². The number of primary amides is 1. The normalized spacial score (nSPS) is 22.9. The molecule has 2 heterocycles. The van der Waals surface area contributed by atoms with Gasteiger partial charge in [-0.1, -0.05) is 12.1 Å². The minimum absolute atomic E-state index is 0.00522. The summed E-state index contributed by atoms with van der Waals surface area (Å²) >= 11 is 0. The van der Waals surface area contributed by atoms with E-state index in [1.807, 2.05) is 11.0 Å². The van der Waals surface area contributed by atoms with Crippen molar-refractivity contribution in [1.82, 2.24) is 14.7 Å². The molecule has 7 heteroatoms. The number of benzene rings is 1. The van der Waals surface area contributed by atoms with Crippen LogP contribution in [-0.4, -0.2) is 65.4 Å². The Bertz CT molecular complexity index is 646. The van der Waals surface area contributed by atoms with Gasteiger partial charge in [-0.3, -0.25) is 9.69 Å². The Morgan fingerprint density at radius 3 is 2.56 bits per heavy atom. The molecule has 0 aliphatic carbocycles. The fourth-order valence-corrected chi connectivity index (χ4v) is 3.80. The molecule has 0 bridgehead atoms. The summed E-state index contributed by atoms with van der Waals surface area (Å²) in [6.45, 7) is 5.29. The molecule has 1 aromatic carbocycles. The van der Waals surface area contributed by atoms with E-state index < -0.39 is 12.1 Å². The molecule has 136 valence electrons. The molecule has 2 aliphatic heterocycles. The van der Waals surface area contributed by atoms with Crippen LogP contribution >= 0.6 is 0 Å². The molecule has 2 fully saturated rings. The van der Waals surface area contributed by atoms with Gasteiger partial charge in [-0.2, -0.15) is 0 Å². The number of rotatable bonds is 3. The third kappa shape index (κ3) is 3.76. The van der Waals surface area contributed by atoms with Crippen LogP contribution in [0, 0.1) is 5.82 Å². The largest absolute Gasteiger partial charge is 0.351 e. The second-order valence-electron chi connectivity index (χ2n) is 6.78. The van der Waals surface area contributed by atoms with E-state index in [4.69, 9.17) is 5.73 Å². The van der Waals surface area contributed by atoms with Crippen molar-refractivity contribution >= 4 is 11.9 Å². The van der Waals surface area contributed by atoms with Crippen molar-refractivity contribution in [2.45, 2.75) is 31.8 Å². The van der Waals surface area contributed by atoms with Crippen molar-refractivity contribution < 1.29 is 14.0 Å². The molecular formula is C18H25FN4O2. The lowest BCUT2D eigenvalue weighted by Crippen LogP contribution is -2.55. The Labute approximate surface area is 147 Å². The van der Waals surface area contributed by atoms with Gasteiger partial charge < -0.3 is 15.5 Å². The minimum Gasteiger partial charge on any atom is -0.351 e. The van der Waals surface area contributed by atoms with Gasteiger partial charge in [0.25, 0.3) is 0 Å². The molecule has 0 radical (unpaired) electrons. The predicted molar refractivity (Wildman–Crippen MR) is 92.3 cm³/mol. The van der Waals surface area contributed by atoms with Gasteiger partial charge in [0.05, 0.1) is 0 Å². The molecule has 3 amide bonds. The highest BCUT2D eigenvalue weighted by Crippen LogP contribution is 2.24. The first-order chi connectivity index (χ1) is 12.0. The average Bonchev–Trinajstić information content (AvgIpc) is 3.10. The lowest BCUT2D eigenvalue weighted by atomic mass is 10.1. The lowest BCUT2D eigenvalue weighted by Gasteiger charge is -2.39. The Kier molecular flexibility index (Phi) is 5.22. The van der Waals surface area contributed by atoms with Crippen LogP contribution in [0.3, 0.4) is 0 Å². The third-order valence-electron chi connectivity index (χ3n) is 5.33. The maximum Gasteiger partial charge on any atom is 0.315 e. The lowest BCUT2D eigenvalue weighted by molar-refractivity contribution is -0.137. The fourth-order valence-electron chi connectivity index (χ4n) is 3.80. The number of nitrogens with two attached hydrogens (primary N) is 1. The highest BCUT2D eigenvalue weighted by atomic mass is 19.1. The fraction of sp³-hybridized carbons (Fsp3) is 0.556. The number of likely N-dealkylation sites (tertiary alicyclic amines) is 1. The SMILES string of the molecule is C[C@@H](c1cccc(F)c1)N1CCN(C(=O)[C@@H]2CCCN2C(N)=O)CC1. The first-order valence-electron chi connectivity index (χ1n) is 8.81. The van der Waals surface area contributed by atoms with E-state index in [9.17, 15) is 14.0 Å². The molecule has 1 aromatic rings. The maximum absolute atomic E-state index is 13.4. The molecule has 25 heavy (non-hydrogen) atoms. The highest BCUT2D eigenvalue weighted by molar-refractivity contribution is 5.87. The van der Waals surface area contributed by atoms with Crippen LogP contribution in [0.1, 0.15) is 31.4 Å². The second kappa shape index (κ2) is 7.39. The van der Waals surface area contributed by atoms with E-state index in [-0.39, 0.29) is 17.8 Å². The van der Waals surface area contributed by atoms with E-state index in [0.29, 0.717) is 26.1 Å². The summed E-state index contributed by atoms with van der Waals surface area (Å²) in [7, 11) is 0. The predicted octanol–water partition coefficient (Wildman–Crippen LogP) is 1.57. The Morgan fingerprint density at radius 1 is 1.20 bits per heavy atom. The number of hydrogen-bond donors (Lipinski definition) is 1. The van der Waals surface area contributed by atoms with Crippen molar-refractivity contribution in [3.63, 3.8) is 0 Å². The zero-order valence-electron chi connectivity index (χ0n) is 14.5. The number of piperazine rings is 1. The summed E-state index contributed by atoms with van der Waals surface area (Å²) in [4.78, 5) is 29.7. The molecule has 2 saturated heterocycles. The second-order valence-corrected chi connectivity index (χ2v) is 6.78. The molecule has 0 unspecified atom stereocenters. The van der Waals surface area contributed by atoms with Crippen molar-refractivity contribution in [3.05, 3.63) is 35.6 Å². The summed E-state index contributed by atoms with van der Waals surface area (Å²) in [5, 5.41) is 0. The molecule has 2 aliphatic rings. The van der Waals surface area contributed by atoms with Gasteiger partial charge in [-0.15, -0.1) is 0 Å². The average molecular weight is 348 g/mol. The molecule has 3 rings (SSSR count). The van der Waals surface area contributed by atoms with Crippen molar-refractivity contribution in [2.24, 2.45) is 5.73 Å². The van der Waals surface area contributed by atoms with Crippen LogP contribution in [0.25, 0.3) is 0 Å². The van der Waals surface area contributed by atoms with Gasteiger partial charge in [-0.25, -0.2) is 9.18 Å². The Balaban J connectivity index is 1.58. The Morgan fingerprint density at radius 2 is 1.92 bits per heavy atom. The first-order valence-corrected chi connectivity index (χ1v) is 8.81. The van der Waals surface area contributed by atoms with Crippen LogP contribution in [0.4, 0.5) is 9.18 Å². The van der Waals surface area contributed by atoms with Gasteiger partial charge in [0.15, 0.2) is 0 Å². The molecular weight excluding hydrogens is 323 g/mol. The minimum atomic E-state index is -0.519. The first kappa shape index (κ1) is 17.7. The molecule has 0 spiro atoms. The molecule has 0 saturated carbocycles. The van der Waals surface area contributed by atoms with Gasteiger partial charge >= 0.3 is 6.03 Å². The number of hydrogen-bond acceptors (Lipinski definition) is 3. The van der Waals surface area contributed by atoms with Crippen molar-refractivity contribution in [1.29, 1.82) is 0 Å². The van der Waals surface area contributed by atoms with Crippen LogP contribution in [0.2, 0.25) is 0 Å². The van der Waals surface area contributed by atoms with Crippen molar-refractivity contribution in [3.8, 4) is 0 Å². The van der Waals surface area contributed by atoms with Gasteiger partial charge in [0.1, 0.15) is 11.9 Å². The maximum atomic E-state index is 13.4. The number of carbonyl (C=O) groups excluding carboxylic acids is 2. The molecule has 2 N–H and O–H groups in total. The number of urea groups is 1. The topological polar surface area (TPSA) is 69.9 Å². The number of halogens is 1. The van der Waals surface area contributed by atoms with Gasteiger partial charge in [0, 0.05) is 38.8 Å². The number of nitrogens with zero attached hydrogens (tertiary/aromatic N) is 3. The smallest absolute Gasteiger partial charge is 0.315 e. The quantitative estimate of drug-likeness (QED) is 0.901. The van der Waals surface area contributed by atoms with Crippen molar-refractivity contribution in [2.75, 3.05) is 32.7 Å². The van der Waals surface area contributed by atoms with Crippen LogP contribution < -0.4 is 5.73 Å². The van der Waals surface area contributed by atoms with E-state index in [1.54, 1.807) is 12.1 Å². The monoisotopic (exact) mass is 348 g/mol. The zero-order chi connectivity index (χ0) is 18.0. The summed E-state index contributed by atoms with van der Waals surface area (Å²) in [6.07, 6.45) is 1.50. The Hall–Kier alpha value is -2.15. The molecule has 6 nitrogen and oxygen atoms in total. The molecule has 0 aromatic heterocycles. The summed E-state index contributed by atoms with van der Waals surface area (Å²) in [5.41, 5.74) is 6.31. The number of amides is 3. The number of carbonyl (C=O) groups is 2. The van der Waals surface area contributed by atoms with Gasteiger partial charge in [0.2, 0.25) is 5.91 Å². The van der Waals surface area contributed by atoms with E-state index in [2.05, 4.69) is 11.8 Å². The summed E-state index contributed by atoms with van der Waals surface area (Å²) in [6, 6.07) is 5.82. The standard InChI is InChI=1S/C18H25FN4O2/c1-13(14-4-2-5-15(19)12-14)21-8-10-22(11-9-21)17(24)16-6-3-7-23(16)18(20)25/h2,4-5,12-13,16H,3,6-11H2,1H3,(H2,20,25)/t13-,16-/m0/s1. The van der Waals surface area contributed by atoms with Crippen LogP contribution in [0.5, 0.6) is 0 Å². The van der Waals surface area contributed by atoms with E-state index in [0.717, 1.165) is 25.1 Å².